The molecule has 0 bridgehead atoms. The van der Waals surface area contributed by atoms with Crippen LogP contribution in [0.15, 0.2) is 55.1 Å². The lowest BCUT2D eigenvalue weighted by molar-refractivity contribution is 1.10. The van der Waals surface area contributed by atoms with Gasteiger partial charge in [-0.2, -0.15) is 5.10 Å². The van der Waals surface area contributed by atoms with Crippen LogP contribution in [-0.2, 0) is 0 Å². The number of H-pyrrole nitrogens is 1. The van der Waals surface area contributed by atoms with Gasteiger partial charge in [0, 0.05) is 29.7 Å². The molecular weight excluding hydrogens is 212 g/mol. The van der Waals surface area contributed by atoms with Gasteiger partial charge < -0.3 is 0 Å². The van der Waals surface area contributed by atoms with Crippen molar-refractivity contribution in [1.82, 2.24) is 20.2 Å². The maximum absolute atomic E-state index is 4.28. The molecule has 1 aromatic carbocycles. The first kappa shape index (κ1) is 9.72. The zero-order valence-corrected chi connectivity index (χ0v) is 9.04. The van der Waals surface area contributed by atoms with Crippen molar-refractivity contribution in [1.29, 1.82) is 0 Å². The van der Waals surface area contributed by atoms with Crippen LogP contribution in [0.4, 0.5) is 0 Å². The summed E-state index contributed by atoms with van der Waals surface area (Å²) in [7, 11) is 0. The van der Waals surface area contributed by atoms with Crippen LogP contribution in [0.2, 0.25) is 0 Å². The third kappa shape index (κ3) is 1.92. The van der Waals surface area contributed by atoms with E-state index >= 15 is 0 Å². The Morgan fingerprint density at radius 3 is 2.65 bits per heavy atom. The monoisotopic (exact) mass is 222 g/mol. The summed E-state index contributed by atoms with van der Waals surface area (Å²) in [5, 5.41) is 6.89. The highest BCUT2D eigenvalue weighted by molar-refractivity contribution is 5.68. The number of hydrogen-bond donors (Lipinski definition) is 1. The Morgan fingerprint density at radius 1 is 0.941 bits per heavy atom. The molecule has 0 amide bonds. The molecule has 3 aromatic rings. The van der Waals surface area contributed by atoms with Gasteiger partial charge in [0.25, 0.3) is 0 Å². The number of nitrogens with one attached hydrogen (secondary N) is 1. The lowest BCUT2D eigenvalue weighted by atomic mass is 10.1. The molecule has 0 atom stereocenters. The van der Waals surface area contributed by atoms with Crippen LogP contribution in [0, 0.1) is 0 Å². The minimum atomic E-state index is 0.869. The summed E-state index contributed by atoms with van der Waals surface area (Å²) < 4.78 is 0. The Kier molecular flexibility index (Phi) is 2.38. The third-order valence-corrected chi connectivity index (χ3v) is 2.53. The molecule has 2 aromatic heterocycles. The molecular formula is C13H10N4. The highest BCUT2D eigenvalue weighted by atomic mass is 15.1. The van der Waals surface area contributed by atoms with E-state index in [1.54, 1.807) is 24.8 Å². The first-order chi connectivity index (χ1) is 8.43. The summed E-state index contributed by atoms with van der Waals surface area (Å²) in [4.78, 5) is 8.35. The number of nitrogens with zero attached hydrogens (tertiary/aromatic N) is 3. The topological polar surface area (TPSA) is 54.5 Å². The van der Waals surface area contributed by atoms with Gasteiger partial charge in [-0.1, -0.05) is 18.2 Å². The van der Waals surface area contributed by atoms with E-state index in [1.807, 2.05) is 24.3 Å². The summed E-state index contributed by atoms with van der Waals surface area (Å²) >= 11 is 0. The molecule has 17 heavy (non-hydrogen) atoms. The van der Waals surface area contributed by atoms with E-state index in [1.165, 1.54) is 0 Å². The number of aromatic amines is 1. The number of hydrogen-bond acceptors (Lipinski definition) is 3. The van der Waals surface area contributed by atoms with Gasteiger partial charge in [-0.15, -0.1) is 0 Å². The molecule has 0 radical (unpaired) electrons. The van der Waals surface area contributed by atoms with Crippen LogP contribution in [0.3, 0.4) is 0 Å². The summed E-state index contributed by atoms with van der Waals surface area (Å²) in [5.74, 6) is 0. The van der Waals surface area contributed by atoms with Gasteiger partial charge in [-0.05, 0) is 12.1 Å². The van der Waals surface area contributed by atoms with E-state index in [0.29, 0.717) is 0 Å². The molecule has 0 saturated heterocycles. The van der Waals surface area contributed by atoms with Gasteiger partial charge in [0.05, 0.1) is 17.6 Å². The SMILES string of the molecule is c1cc(-c2cnccn2)cc(-c2ccn[nH]2)c1. The van der Waals surface area contributed by atoms with Crippen molar-refractivity contribution in [3.63, 3.8) is 0 Å². The van der Waals surface area contributed by atoms with Crippen molar-refractivity contribution in [3.05, 3.63) is 55.1 Å². The Labute approximate surface area is 98.4 Å². The molecule has 82 valence electrons. The Bertz CT molecular complexity index is 602. The molecule has 0 aliphatic carbocycles. The number of rotatable bonds is 2. The highest BCUT2D eigenvalue weighted by Crippen LogP contribution is 2.22. The van der Waals surface area contributed by atoms with Crippen molar-refractivity contribution in [2.24, 2.45) is 0 Å². The second-order valence-electron chi connectivity index (χ2n) is 3.64. The van der Waals surface area contributed by atoms with Crippen molar-refractivity contribution in [3.8, 4) is 22.5 Å². The maximum atomic E-state index is 4.28. The fraction of sp³-hybridized carbons (Fsp3) is 0. The van der Waals surface area contributed by atoms with Crippen LogP contribution >= 0.6 is 0 Å². The smallest absolute Gasteiger partial charge is 0.0885 e. The van der Waals surface area contributed by atoms with Gasteiger partial charge in [-0.3, -0.25) is 15.1 Å². The number of benzene rings is 1. The highest BCUT2D eigenvalue weighted by Gasteiger charge is 2.02. The average Bonchev–Trinajstić information content (AvgIpc) is 2.94. The average molecular weight is 222 g/mol. The molecule has 0 spiro atoms. The molecule has 0 unspecified atom stereocenters. The van der Waals surface area contributed by atoms with Crippen molar-refractivity contribution < 1.29 is 0 Å². The molecule has 4 heteroatoms. The van der Waals surface area contributed by atoms with Crippen LogP contribution in [0.1, 0.15) is 0 Å². The molecule has 0 aliphatic rings. The lowest BCUT2D eigenvalue weighted by Crippen LogP contribution is -1.85. The second-order valence-corrected chi connectivity index (χ2v) is 3.64. The van der Waals surface area contributed by atoms with E-state index < -0.39 is 0 Å². The maximum Gasteiger partial charge on any atom is 0.0885 e. The standard InChI is InChI=1S/C13H10N4/c1-2-10(12-4-5-16-17-12)8-11(3-1)13-9-14-6-7-15-13/h1-9H,(H,16,17). The van der Waals surface area contributed by atoms with Crippen LogP contribution < -0.4 is 0 Å². The van der Waals surface area contributed by atoms with E-state index in [9.17, 15) is 0 Å². The van der Waals surface area contributed by atoms with Crippen LogP contribution in [0.5, 0.6) is 0 Å². The van der Waals surface area contributed by atoms with Crippen molar-refractivity contribution in [2.75, 3.05) is 0 Å². The fourth-order valence-electron chi connectivity index (χ4n) is 1.71. The largest absolute Gasteiger partial charge is 0.278 e. The molecule has 2 heterocycles. The first-order valence-electron chi connectivity index (χ1n) is 5.30. The quantitative estimate of drug-likeness (QED) is 0.724. The Morgan fingerprint density at radius 2 is 1.88 bits per heavy atom. The molecule has 0 fully saturated rings. The van der Waals surface area contributed by atoms with E-state index in [2.05, 4.69) is 26.2 Å². The van der Waals surface area contributed by atoms with E-state index in [0.717, 1.165) is 22.5 Å². The van der Waals surface area contributed by atoms with Gasteiger partial charge in [-0.25, -0.2) is 0 Å². The van der Waals surface area contributed by atoms with Crippen molar-refractivity contribution in [2.45, 2.75) is 0 Å². The van der Waals surface area contributed by atoms with Crippen LogP contribution in [0.25, 0.3) is 22.5 Å². The molecule has 1 N–H and O–H groups in total. The second kappa shape index (κ2) is 4.17. The van der Waals surface area contributed by atoms with Crippen molar-refractivity contribution >= 4 is 0 Å². The lowest BCUT2D eigenvalue weighted by Gasteiger charge is -2.02. The summed E-state index contributed by atoms with van der Waals surface area (Å²) in [6.45, 7) is 0. The molecule has 4 nitrogen and oxygen atoms in total. The summed E-state index contributed by atoms with van der Waals surface area (Å²) in [6.07, 6.45) is 6.86. The fourth-order valence-corrected chi connectivity index (χ4v) is 1.71. The minimum absolute atomic E-state index is 0.869. The Hall–Kier alpha value is -2.49. The predicted molar refractivity (Wildman–Crippen MR) is 65.0 cm³/mol. The number of aromatic nitrogens is 4. The summed E-state index contributed by atoms with van der Waals surface area (Å²) in [6, 6.07) is 10.1. The zero-order valence-electron chi connectivity index (χ0n) is 9.04. The van der Waals surface area contributed by atoms with Gasteiger partial charge >= 0.3 is 0 Å². The predicted octanol–water partition coefficient (Wildman–Crippen LogP) is 2.53. The third-order valence-electron chi connectivity index (χ3n) is 2.53. The van der Waals surface area contributed by atoms with E-state index in [4.69, 9.17) is 0 Å². The normalized spacial score (nSPS) is 10.4. The minimum Gasteiger partial charge on any atom is -0.278 e. The van der Waals surface area contributed by atoms with Gasteiger partial charge in [0.2, 0.25) is 0 Å². The van der Waals surface area contributed by atoms with Gasteiger partial charge in [0.15, 0.2) is 0 Å². The van der Waals surface area contributed by atoms with Gasteiger partial charge in [0.1, 0.15) is 0 Å². The molecule has 3 rings (SSSR count). The van der Waals surface area contributed by atoms with E-state index in [-0.39, 0.29) is 0 Å². The first-order valence-corrected chi connectivity index (χ1v) is 5.30. The zero-order chi connectivity index (χ0) is 11.5. The molecule has 0 saturated carbocycles. The summed E-state index contributed by atoms with van der Waals surface area (Å²) in [5.41, 5.74) is 4.00. The Balaban J connectivity index is 2.06. The molecule has 0 aliphatic heterocycles. The van der Waals surface area contributed by atoms with Crippen LogP contribution in [-0.4, -0.2) is 20.2 Å².